The molecule has 1 aromatic heterocycles. The Morgan fingerprint density at radius 1 is 1.14 bits per heavy atom. The third kappa shape index (κ3) is 3.40. The second-order valence-electron chi connectivity index (χ2n) is 4.16. The molecule has 0 unspecified atom stereocenters. The molecular formula is C13H15N3O4S. The van der Waals surface area contributed by atoms with Gasteiger partial charge in [0.15, 0.2) is 15.7 Å². The quantitative estimate of drug-likeness (QED) is 0.899. The standard InChI is InChI=1S/C13H15N3O4S/c1-14-12-11(19-2)13(16-8-15-12)20-9-4-6-10(7-5-9)21(3,17)18/h4-8H,1-3H3,(H,14,15,16). The van der Waals surface area contributed by atoms with Crippen LogP contribution in [-0.4, -0.2) is 38.8 Å². The summed E-state index contributed by atoms with van der Waals surface area (Å²) in [5.41, 5.74) is 0. The lowest BCUT2D eigenvalue weighted by atomic mass is 10.3. The van der Waals surface area contributed by atoms with Crippen molar-refractivity contribution in [1.29, 1.82) is 0 Å². The van der Waals surface area contributed by atoms with E-state index in [2.05, 4.69) is 15.3 Å². The molecule has 0 saturated heterocycles. The highest BCUT2D eigenvalue weighted by Gasteiger charge is 2.14. The van der Waals surface area contributed by atoms with Gasteiger partial charge < -0.3 is 14.8 Å². The van der Waals surface area contributed by atoms with Crippen molar-refractivity contribution in [3.8, 4) is 17.4 Å². The number of sulfone groups is 1. The van der Waals surface area contributed by atoms with E-state index < -0.39 is 9.84 Å². The first-order valence-electron chi connectivity index (χ1n) is 6.00. The normalized spacial score (nSPS) is 11.0. The van der Waals surface area contributed by atoms with Crippen LogP contribution in [0, 0.1) is 0 Å². The lowest BCUT2D eigenvalue weighted by Gasteiger charge is -2.11. The SMILES string of the molecule is CNc1ncnc(Oc2ccc(S(C)(=O)=O)cc2)c1OC. The van der Waals surface area contributed by atoms with E-state index >= 15 is 0 Å². The van der Waals surface area contributed by atoms with Crippen molar-refractivity contribution in [2.75, 3.05) is 25.7 Å². The highest BCUT2D eigenvalue weighted by Crippen LogP contribution is 2.33. The van der Waals surface area contributed by atoms with Crippen LogP contribution in [0.3, 0.4) is 0 Å². The van der Waals surface area contributed by atoms with Crippen LogP contribution in [0.15, 0.2) is 35.5 Å². The predicted molar refractivity (Wildman–Crippen MR) is 77.8 cm³/mol. The van der Waals surface area contributed by atoms with Crippen molar-refractivity contribution in [2.24, 2.45) is 0 Å². The van der Waals surface area contributed by atoms with Crippen LogP contribution in [0.5, 0.6) is 17.4 Å². The monoisotopic (exact) mass is 309 g/mol. The van der Waals surface area contributed by atoms with E-state index in [1.807, 2.05) is 0 Å². The van der Waals surface area contributed by atoms with Crippen LogP contribution in [-0.2, 0) is 9.84 Å². The second-order valence-corrected chi connectivity index (χ2v) is 6.17. The Morgan fingerprint density at radius 3 is 2.33 bits per heavy atom. The van der Waals surface area contributed by atoms with Crippen LogP contribution in [0.25, 0.3) is 0 Å². The largest absolute Gasteiger partial charge is 0.489 e. The lowest BCUT2D eigenvalue weighted by Crippen LogP contribution is -2.01. The Morgan fingerprint density at radius 2 is 1.81 bits per heavy atom. The van der Waals surface area contributed by atoms with E-state index in [9.17, 15) is 8.42 Å². The van der Waals surface area contributed by atoms with Gasteiger partial charge in [-0.15, -0.1) is 0 Å². The first-order chi connectivity index (χ1) is 9.95. The van der Waals surface area contributed by atoms with Gasteiger partial charge in [-0.3, -0.25) is 0 Å². The highest BCUT2D eigenvalue weighted by molar-refractivity contribution is 7.90. The van der Waals surface area contributed by atoms with Crippen molar-refractivity contribution in [3.05, 3.63) is 30.6 Å². The van der Waals surface area contributed by atoms with Gasteiger partial charge in [-0.25, -0.2) is 13.4 Å². The lowest BCUT2D eigenvalue weighted by molar-refractivity contribution is 0.369. The van der Waals surface area contributed by atoms with Crippen LogP contribution >= 0.6 is 0 Å². The van der Waals surface area contributed by atoms with E-state index in [1.54, 1.807) is 19.2 Å². The van der Waals surface area contributed by atoms with Gasteiger partial charge in [0.25, 0.3) is 5.88 Å². The summed E-state index contributed by atoms with van der Waals surface area (Å²) in [6.07, 6.45) is 2.49. The average Bonchev–Trinajstić information content (AvgIpc) is 2.46. The molecule has 0 amide bonds. The van der Waals surface area contributed by atoms with Gasteiger partial charge >= 0.3 is 0 Å². The number of benzene rings is 1. The molecule has 8 heteroatoms. The van der Waals surface area contributed by atoms with Gasteiger partial charge in [0, 0.05) is 13.3 Å². The first-order valence-corrected chi connectivity index (χ1v) is 7.89. The molecule has 0 saturated carbocycles. The first kappa shape index (κ1) is 15.0. The Balaban J connectivity index is 2.30. The summed E-state index contributed by atoms with van der Waals surface area (Å²) < 4.78 is 33.6. The van der Waals surface area contributed by atoms with E-state index in [0.29, 0.717) is 17.3 Å². The number of rotatable bonds is 5. The van der Waals surface area contributed by atoms with Crippen molar-refractivity contribution in [1.82, 2.24) is 9.97 Å². The fraction of sp³-hybridized carbons (Fsp3) is 0.231. The smallest absolute Gasteiger partial charge is 0.268 e. The molecule has 0 spiro atoms. The maximum Gasteiger partial charge on any atom is 0.268 e. The molecule has 1 heterocycles. The van der Waals surface area contributed by atoms with Gasteiger partial charge in [0.05, 0.1) is 12.0 Å². The summed E-state index contributed by atoms with van der Waals surface area (Å²) in [6, 6.07) is 6.04. The molecule has 112 valence electrons. The number of hydrogen-bond donors (Lipinski definition) is 1. The summed E-state index contributed by atoms with van der Waals surface area (Å²) in [4.78, 5) is 8.24. The van der Waals surface area contributed by atoms with E-state index in [-0.39, 0.29) is 10.8 Å². The van der Waals surface area contributed by atoms with Crippen LogP contribution in [0.4, 0.5) is 5.82 Å². The van der Waals surface area contributed by atoms with E-state index in [0.717, 1.165) is 6.26 Å². The summed E-state index contributed by atoms with van der Waals surface area (Å²) >= 11 is 0. The number of nitrogens with zero attached hydrogens (tertiary/aromatic N) is 2. The summed E-state index contributed by atoms with van der Waals surface area (Å²) in [6.45, 7) is 0. The number of nitrogens with one attached hydrogen (secondary N) is 1. The maximum absolute atomic E-state index is 11.4. The molecule has 0 fully saturated rings. The molecule has 0 atom stereocenters. The zero-order valence-corrected chi connectivity index (χ0v) is 12.6. The molecular weight excluding hydrogens is 294 g/mol. The summed E-state index contributed by atoms with van der Waals surface area (Å²) in [7, 11) is -0.0426. The fourth-order valence-electron chi connectivity index (χ4n) is 1.66. The Labute approximate surface area is 122 Å². The Bertz CT molecular complexity index is 730. The highest BCUT2D eigenvalue weighted by atomic mass is 32.2. The molecule has 7 nitrogen and oxygen atoms in total. The molecule has 2 rings (SSSR count). The molecule has 0 aliphatic heterocycles. The molecule has 0 aliphatic carbocycles. The summed E-state index contributed by atoms with van der Waals surface area (Å²) in [5, 5.41) is 2.87. The van der Waals surface area contributed by atoms with Gasteiger partial charge in [-0.05, 0) is 24.3 Å². The topological polar surface area (TPSA) is 90.4 Å². The third-order valence-corrected chi connectivity index (χ3v) is 3.81. The minimum Gasteiger partial charge on any atom is -0.489 e. The van der Waals surface area contributed by atoms with Crippen LogP contribution in [0.2, 0.25) is 0 Å². The van der Waals surface area contributed by atoms with Gasteiger partial charge in [-0.2, -0.15) is 4.98 Å². The number of methoxy groups -OCH3 is 1. The third-order valence-electron chi connectivity index (χ3n) is 2.68. The molecule has 0 radical (unpaired) electrons. The number of aromatic nitrogens is 2. The molecule has 0 bridgehead atoms. The van der Waals surface area contributed by atoms with Crippen molar-refractivity contribution >= 4 is 15.7 Å². The molecule has 1 aromatic carbocycles. The summed E-state index contributed by atoms with van der Waals surface area (Å²) in [5.74, 6) is 1.55. The maximum atomic E-state index is 11.4. The number of ether oxygens (including phenoxy) is 2. The minimum absolute atomic E-state index is 0.223. The van der Waals surface area contributed by atoms with Crippen molar-refractivity contribution in [2.45, 2.75) is 4.90 Å². The van der Waals surface area contributed by atoms with Gasteiger partial charge in [-0.1, -0.05) is 0 Å². The van der Waals surface area contributed by atoms with Crippen LogP contribution in [0.1, 0.15) is 0 Å². The molecule has 0 aliphatic rings. The fourth-order valence-corrected chi connectivity index (χ4v) is 2.29. The average molecular weight is 309 g/mol. The van der Waals surface area contributed by atoms with Crippen molar-refractivity contribution in [3.63, 3.8) is 0 Å². The van der Waals surface area contributed by atoms with E-state index in [1.165, 1.54) is 25.6 Å². The van der Waals surface area contributed by atoms with Crippen LogP contribution < -0.4 is 14.8 Å². The minimum atomic E-state index is -3.23. The predicted octanol–water partition coefficient (Wildman–Crippen LogP) is 1.72. The number of hydrogen-bond acceptors (Lipinski definition) is 7. The number of anilines is 1. The Kier molecular flexibility index (Phi) is 4.27. The molecule has 21 heavy (non-hydrogen) atoms. The van der Waals surface area contributed by atoms with E-state index in [4.69, 9.17) is 9.47 Å². The van der Waals surface area contributed by atoms with Crippen molar-refractivity contribution < 1.29 is 17.9 Å². The van der Waals surface area contributed by atoms with Gasteiger partial charge in [0.1, 0.15) is 12.1 Å². The second kappa shape index (κ2) is 5.96. The molecule has 2 aromatic rings. The zero-order valence-electron chi connectivity index (χ0n) is 11.8. The Hall–Kier alpha value is -2.35. The van der Waals surface area contributed by atoms with Gasteiger partial charge in [0.2, 0.25) is 5.75 Å². The molecule has 1 N–H and O–H groups in total. The zero-order chi connectivity index (χ0) is 15.5.